The standard InChI is InChI=1S/C25H35N5O2.HI/c1-26-25(29-15-13-28(14-16-29)23-9-4-5-10-24(23)32-3)27-18-20-11-12-30(19-20)21-7-6-8-22(17-21)31-2;/h4-10,17,20H,11-16,18-19H2,1-3H3,(H,26,27);1H. The number of ether oxygens (including phenoxy) is 2. The van der Waals surface area contributed by atoms with Crippen molar-refractivity contribution in [2.24, 2.45) is 10.9 Å². The molecule has 1 unspecified atom stereocenters. The fourth-order valence-corrected chi connectivity index (χ4v) is 4.66. The van der Waals surface area contributed by atoms with Gasteiger partial charge in [0.2, 0.25) is 0 Å². The van der Waals surface area contributed by atoms with Crippen molar-refractivity contribution in [1.82, 2.24) is 10.2 Å². The van der Waals surface area contributed by atoms with Crippen LogP contribution in [-0.4, -0.2) is 77.9 Å². The molecule has 0 spiro atoms. The van der Waals surface area contributed by atoms with Crippen LogP contribution in [0.15, 0.2) is 53.5 Å². The van der Waals surface area contributed by atoms with Gasteiger partial charge in [-0.3, -0.25) is 4.99 Å². The van der Waals surface area contributed by atoms with Gasteiger partial charge in [-0.15, -0.1) is 24.0 Å². The van der Waals surface area contributed by atoms with Crippen molar-refractivity contribution in [3.05, 3.63) is 48.5 Å². The Morgan fingerprint density at radius 2 is 1.76 bits per heavy atom. The van der Waals surface area contributed by atoms with E-state index < -0.39 is 0 Å². The highest BCUT2D eigenvalue weighted by Gasteiger charge is 2.25. The van der Waals surface area contributed by atoms with Crippen LogP contribution in [0.5, 0.6) is 11.5 Å². The van der Waals surface area contributed by atoms with Gasteiger partial charge in [-0.05, 0) is 36.6 Å². The summed E-state index contributed by atoms with van der Waals surface area (Å²) in [6.45, 7) is 6.87. The van der Waals surface area contributed by atoms with Crippen molar-refractivity contribution >= 4 is 41.3 Å². The molecule has 2 aliphatic heterocycles. The fraction of sp³-hybridized carbons (Fsp3) is 0.480. The van der Waals surface area contributed by atoms with Crippen LogP contribution in [0.2, 0.25) is 0 Å². The summed E-state index contributed by atoms with van der Waals surface area (Å²) in [5, 5.41) is 3.63. The van der Waals surface area contributed by atoms with Gasteiger partial charge in [-0.2, -0.15) is 0 Å². The van der Waals surface area contributed by atoms with Crippen molar-refractivity contribution in [2.75, 3.05) is 76.9 Å². The number of rotatable bonds is 6. The smallest absolute Gasteiger partial charge is 0.193 e. The molecule has 2 aromatic carbocycles. The van der Waals surface area contributed by atoms with Crippen LogP contribution in [0.3, 0.4) is 0 Å². The molecule has 1 N–H and O–H groups in total. The molecule has 2 fully saturated rings. The topological polar surface area (TPSA) is 52.6 Å². The van der Waals surface area contributed by atoms with E-state index in [2.05, 4.69) is 55.3 Å². The molecule has 0 radical (unpaired) electrons. The zero-order chi connectivity index (χ0) is 22.3. The molecular weight excluding hydrogens is 529 g/mol. The second kappa shape index (κ2) is 12.2. The SMILES string of the molecule is CN=C(NCC1CCN(c2cccc(OC)c2)C1)N1CCN(c2ccccc2OC)CC1.I. The molecule has 2 aliphatic rings. The number of hydrogen-bond acceptors (Lipinski definition) is 5. The van der Waals surface area contributed by atoms with Gasteiger partial charge in [0.05, 0.1) is 19.9 Å². The summed E-state index contributed by atoms with van der Waals surface area (Å²) in [7, 11) is 5.34. The Balaban J connectivity index is 0.00000306. The van der Waals surface area contributed by atoms with Crippen LogP contribution in [-0.2, 0) is 0 Å². The molecule has 0 aromatic heterocycles. The summed E-state index contributed by atoms with van der Waals surface area (Å²) in [4.78, 5) is 11.8. The zero-order valence-corrected chi connectivity index (χ0v) is 22.2. The van der Waals surface area contributed by atoms with Crippen molar-refractivity contribution in [3.8, 4) is 11.5 Å². The summed E-state index contributed by atoms with van der Waals surface area (Å²) in [5.41, 5.74) is 2.41. The van der Waals surface area contributed by atoms with Gasteiger partial charge < -0.3 is 29.5 Å². The number of benzene rings is 2. The minimum Gasteiger partial charge on any atom is -0.497 e. The molecule has 1 atom stereocenters. The third-order valence-electron chi connectivity index (χ3n) is 6.47. The van der Waals surface area contributed by atoms with E-state index >= 15 is 0 Å². The monoisotopic (exact) mass is 565 g/mol. The van der Waals surface area contributed by atoms with Gasteiger partial charge in [0.25, 0.3) is 0 Å². The Bertz CT molecular complexity index is 917. The average molecular weight is 566 g/mol. The van der Waals surface area contributed by atoms with E-state index in [1.54, 1.807) is 14.2 Å². The number of hydrogen-bond donors (Lipinski definition) is 1. The first kappa shape index (κ1) is 25.3. The van der Waals surface area contributed by atoms with Crippen molar-refractivity contribution in [2.45, 2.75) is 6.42 Å². The van der Waals surface area contributed by atoms with Crippen LogP contribution in [0, 0.1) is 5.92 Å². The molecule has 0 bridgehead atoms. The first-order chi connectivity index (χ1) is 15.7. The third-order valence-corrected chi connectivity index (χ3v) is 6.47. The number of para-hydroxylation sites is 2. The molecule has 0 saturated carbocycles. The highest BCUT2D eigenvalue weighted by Crippen LogP contribution is 2.29. The number of nitrogens with zero attached hydrogens (tertiary/aromatic N) is 4. The second-order valence-corrected chi connectivity index (χ2v) is 8.38. The minimum atomic E-state index is 0. The number of halogens is 1. The van der Waals surface area contributed by atoms with Crippen LogP contribution < -0.4 is 24.6 Å². The molecule has 180 valence electrons. The first-order valence-corrected chi connectivity index (χ1v) is 11.4. The number of anilines is 2. The normalized spacial score (nSPS) is 18.7. The van der Waals surface area contributed by atoms with Crippen molar-refractivity contribution in [1.29, 1.82) is 0 Å². The van der Waals surface area contributed by atoms with Gasteiger partial charge in [-0.25, -0.2) is 0 Å². The number of piperazine rings is 1. The predicted octanol–water partition coefficient (Wildman–Crippen LogP) is 3.55. The fourth-order valence-electron chi connectivity index (χ4n) is 4.66. The number of guanidine groups is 1. The largest absolute Gasteiger partial charge is 0.497 e. The lowest BCUT2D eigenvalue weighted by molar-refractivity contribution is 0.364. The Morgan fingerprint density at radius 1 is 0.970 bits per heavy atom. The van der Waals surface area contributed by atoms with E-state index in [4.69, 9.17) is 9.47 Å². The lowest BCUT2D eigenvalue weighted by Crippen LogP contribution is -2.53. The highest BCUT2D eigenvalue weighted by molar-refractivity contribution is 14.0. The number of aliphatic imine (C=N–C) groups is 1. The maximum Gasteiger partial charge on any atom is 0.193 e. The molecule has 0 aliphatic carbocycles. The Labute approximate surface area is 214 Å². The predicted molar refractivity (Wildman–Crippen MR) is 147 cm³/mol. The van der Waals surface area contributed by atoms with E-state index in [0.717, 1.165) is 63.3 Å². The summed E-state index contributed by atoms with van der Waals surface area (Å²) in [6.07, 6.45) is 1.18. The molecule has 4 rings (SSSR count). The van der Waals surface area contributed by atoms with Crippen LogP contribution in [0.25, 0.3) is 0 Å². The maximum atomic E-state index is 5.54. The molecule has 33 heavy (non-hydrogen) atoms. The number of methoxy groups -OCH3 is 2. The summed E-state index contributed by atoms with van der Waals surface area (Å²) >= 11 is 0. The van der Waals surface area contributed by atoms with Gasteiger partial charge in [-0.1, -0.05) is 18.2 Å². The first-order valence-electron chi connectivity index (χ1n) is 11.4. The Kier molecular flexibility index (Phi) is 9.34. The lowest BCUT2D eigenvalue weighted by Gasteiger charge is -2.38. The van der Waals surface area contributed by atoms with Gasteiger partial charge >= 0.3 is 0 Å². The van der Waals surface area contributed by atoms with Crippen LogP contribution >= 0.6 is 24.0 Å². The third kappa shape index (κ3) is 6.16. The highest BCUT2D eigenvalue weighted by atomic mass is 127. The molecule has 2 aromatic rings. The molecule has 8 heteroatoms. The number of nitrogens with one attached hydrogen (secondary N) is 1. The molecular formula is C25H36IN5O2. The molecule has 2 saturated heterocycles. The van der Waals surface area contributed by atoms with Crippen molar-refractivity contribution < 1.29 is 9.47 Å². The van der Waals surface area contributed by atoms with E-state index in [1.165, 1.54) is 17.8 Å². The second-order valence-electron chi connectivity index (χ2n) is 8.38. The van der Waals surface area contributed by atoms with Gasteiger partial charge in [0.1, 0.15) is 11.5 Å². The van der Waals surface area contributed by atoms with E-state index in [1.807, 2.05) is 25.2 Å². The van der Waals surface area contributed by atoms with Crippen LogP contribution in [0.4, 0.5) is 11.4 Å². The van der Waals surface area contributed by atoms with Gasteiger partial charge in [0, 0.05) is 64.6 Å². The molecule has 2 heterocycles. The summed E-state index contributed by atoms with van der Waals surface area (Å²) in [6, 6.07) is 16.6. The summed E-state index contributed by atoms with van der Waals surface area (Å²) < 4.78 is 10.9. The quantitative estimate of drug-likeness (QED) is 0.329. The summed E-state index contributed by atoms with van der Waals surface area (Å²) in [5.74, 6) is 3.46. The van der Waals surface area contributed by atoms with E-state index in [0.29, 0.717) is 5.92 Å². The minimum absolute atomic E-state index is 0. The van der Waals surface area contributed by atoms with Crippen LogP contribution in [0.1, 0.15) is 6.42 Å². The zero-order valence-electron chi connectivity index (χ0n) is 19.9. The Morgan fingerprint density at radius 3 is 2.48 bits per heavy atom. The average Bonchev–Trinajstić information content (AvgIpc) is 3.34. The van der Waals surface area contributed by atoms with E-state index in [-0.39, 0.29) is 24.0 Å². The maximum absolute atomic E-state index is 5.54. The van der Waals surface area contributed by atoms with Crippen molar-refractivity contribution in [3.63, 3.8) is 0 Å². The molecule has 0 amide bonds. The lowest BCUT2D eigenvalue weighted by atomic mass is 10.1. The Hall–Kier alpha value is -2.36. The van der Waals surface area contributed by atoms with E-state index in [9.17, 15) is 0 Å². The molecule has 7 nitrogen and oxygen atoms in total. The van der Waals surface area contributed by atoms with Gasteiger partial charge in [0.15, 0.2) is 5.96 Å².